The molecule has 3 rings (SSSR count). The molecule has 2 aromatic carbocycles. The molecule has 0 fully saturated rings. The Hall–Kier alpha value is -3.39. The largest absolute Gasteiger partial charge is 0.493 e. The van der Waals surface area contributed by atoms with Crippen molar-refractivity contribution < 1.29 is 14.3 Å². The van der Waals surface area contributed by atoms with E-state index in [1.807, 2.05) is 0 Å². The molecule has 1 heterocycles. The van der Waals surface area contributed by atoms with Crippen molar-refractivity contribution in [2.75, 3.05) is 14.2 Å². The van der Waals surface area contributed by atoms with Gasteiger partial charge in [0.1, 0.15) is 0 Å². The van der Waals surface area contributed by atoms with Gasteiger partial charge in [0.2, 0.25) is 0 Å². The second-order valence-electron chi connectivity index (χ2n) is 5.95. The lowest BCUT2D eigenvalue weighted by Gasteiger charge is -2.10. The van der Waals surface area contributed by atoms with Crippen LogP contribution < -0.4 is 20.5 Å². The summed E-state index contributed by atoms with van der Waals surface area (Å²) >= 11 is 6.17. The first-order valence-corrected chi connectivity index (χ1v) is 9.12. The first-order valence-electron chi connectivity index (χ1n) is 8.75. The number of benzene rings is 2. The third-order valence-electron chi connectivity index (χ3n) is 4.22. The molecule has 3 aromatic rings. The van der Waals surface area contributed by atoms with Crippen LogP contribution in [0.25, 0.3) is 10.8 Å². The molecule has 150 valence electrons. The highest BCUT2D eigenvalue weighted by Gasteiger charge is 2.16. The van der Waals surface area contributed by atoms with Crippen molar-refractivity contribution in [3.8, 4) is 11.5 Å². The van der Waals surface area contributed by atoms with E-state index >= 15 is 0 Å². The van der Waals surface area contributed by atoms with Gasteiger partial charge in [0, 0.05) is 11.9 Å². The number of methoxy groups -OCH3 is 2. The third-order valence-corrected chi connectivity index (χ3v) is 4.50. The molecule has 0 bridgehead atoms. The van der Waals surface area contributed by atoms with Gasteiger partial charge < -0.3 is 9.47 Å². The van der Waals surface area contributed by atoms with Crippen LogP contribution in [0.5, 0.6) is 11.5 Å². The number of aromatic nitrogens is 2. The maximum absolute atomic E-state index is 12.6. The van der Waals surface area contributed by atoms with E-state index < -0.39 is 5.91 Å². The Morgan fingerprint density at radius 3 is 2.62 bits per heavy atom. The number of rotatable bonds is 6. The van der Waals surface area contributed by atoms with Gasteiger partial charge in [-0.25, -0.2) is 10.1 Å². The zero-order chi connectivity index (χ0) is 21.0. The van der Waals surface area contributed by atoms with E-state index in [0.29, 0.717) is 39.4 Å². The summed E-state index contributed by atoms with van der Waals surface area (Å²) in [5.41, 5.74) is 2.90. The molecule has 9 heteroatoms. The van der Waals surface area contributed by atoms with Crippen LogP contribution in [0.3, 0.4) is 0 Å². The lowest BCUT2D eigenvalue weighted by molar-refractivity contribution is 0.0949. The second-order valence-corrected chi connectivity index (χ2v) is 6.36. The number of nitrogens with zero attached hydrogens (tertiary/aromatic N) is 3. The maximum atomic E-state index is 12.6. The summed E-state index contributed by atoms with van der Waals surface area (Å²) in [4.78, 5) is 25.0. The zero-order valence-electron chi connectivity index (χ0n) is 16.1. The first-order chi connectivity index (χ1) is 14.0. The number of fused-ring (bicyclic) bond motifs is 1. The van der Waals surface area contributed by atoms with E-state index in [1.165, 1.54) is 25.1 Å². The number of aryl methyl sites for hydroxylation is 1. The number of hydrogen-bond acceptors (Lipinski definition) is 6. The zero-order valence-corrected chi connectivity index (χ0v) is 16.9. The topological polar surface area (TPSA) is 94.8 Å². The van der Waals surface area contributed by atoms with Crippen molar-refractivity contribution in [1.29, 1.82) is 0 Å². The number of hydrogen-bond donors (Lipinski definition) is 1. The van der Waals surface area contributed by atoms with Crippen LogP contribution in [0, 0.1) is 0 Å². The molecule has 1 aromatic heterocycles. The lowest BCUT2D eigenvalue weighted by atomic mass is 10.1. The van der Waals surface area contributed by atoms with Gasteiger partial charge in [0.05, 0.1) is 30.8 Å². The molecule has 0 aliphatic rings. The minimum absolute atomic E-state index is 0.115. The van der Waals surface area contributed by atoms with Crippen molar-refractivity contribution in [2.45, 2.75) is 13.5 Å². The molecular formula is C20H19ClN4O4. The van der Waals surface area contributed by atoms with Gasteiger partial charge >= 0.3 is 0 Å². The average Bonchev–Trinajstić information content (AvgIpc) is 2.73. The fourth-order valence-corrected chi connectivity index (χ4v) is 3.14. The minimum atomic E-state index is -0.536. The highest BCUT2D eigenvalue weighted by molar-refractivity contribution is 6.32. The van der Waals surface area contributed by atoms with Gasteiger partial charge in [-0.05, 0) is 30.7 Å². The highest BCUT2D eigenvalue weighted by Crippen LogP contribution is 2.35. The van der Waals surface area contributed by atoms with Gasteiger partial charge in [-0.3, -0.25) is 9.59 Å². The Balaban J connectivity index is 1.89. The van der Waals surface area contributed by atoms with E-state index in [0.717, 1.165) is 0 Å². The number of carbonyl (C=O) groups excluding carboxylic acids is 1. The smallest absolute Gasteiger partial charge is 0.292 e. The number of amides is 1. The molecule has 0 saturated carbocycles. The van der Waals surface area contributed by atoms with Crippen LogP contribution in [0.4, 0.5) is 0 Å². The predicted molar refractivity (Wildman–Crippen MR) is 111 cm³/mol. The summed E-state index contributed by atoms with van der Waals surface area (Å²) in [6.07, 6.45) is 1.42. The average molecular weight is 415 g/mol. The molecular weight excluding hydrogens is 396 g/mol. The maximum Gasteiger partial charge on any atom is 0.292 e. The number of hydrazone groups is 1. The molecule has 0 spiro atoms. The first kappa shape index (κ1) is 20.3. The molecule has 8 nitrogen and oxygen atoms in total. The molecule has 29 heavy (non-hydrogen) atoms. The predicted octanol–water partition coefficient (Wildman–Crippen LogP) is 2.85. The Bertz CT molecular complexity index is 1160. The number of carbonyl (C=O) groups is 1. The van der Waals surface area contributed by atoms with E-state index in [4.69, 9.17) is 21.1 Å². The Kier molecular flexibility index (Phi) is 6.13. The van der Waals surface area contributed by atoms with Crippen LogP contribution in [0.2, 0.25) is 5.02 Å². The van der Waals surface area contributed by atoms with E-state index in [-0.39, 0.29) is 11.3 Å². The van der Waals surface area contributed by atoms with Crippen LogP contribution in [0.1, 0.15) is 23.0 Å². The summed E-state index contributed by atoms with van der Waals surface area (Å²) in [6.45, 7) is 2.13. The van der Waals surface area contributed by atoms with Gasteiger partial charge in [-0.1, -0.05) is 29.8 Å². The highest BCUT2D eigenvalue weighted by atomic mass is 35.5. The van der Waals surface area contributed by atoms with Crippen LogP contribution in [-0.2, 0) is 6.54 Å². The van der Waals surface area contributed by atoms with Crippen molar-refractivity contribution in [3.63, 3.8) is 0 Å². The van der Waals surface area contributed by atoms with Gasteiger partial charge in [0.25, 0.3) is 11.5 Å². The second kappa shape index (κ2) is 8.74. The summed E-state index contributed by atoms with van der Waals surface area (Å²) in [5, 5.41) is 9.37. The van der Waals surface area contributed by atoms with Gasteiger partial charge in [-0.2, -0.15) is 10.2 Å². The Morgan fingerprint density at radius 2 is 1.97 bits per heavy atom. The number of ether oxygens (including phenoxy) is 2. The summed E-state index contributed by atoms with van der Waals surface area (Å²) in [7, 11) is 2.99. The van der Waals surface area contributed by atoms with E-state index in [9.17, 15) is 9.59 Å². The van der Waals surface area contributed by atoms with Gasteiger partial charge in [0.15, 0.2) is 17.2 Å². The fraction of sp³-hybridized carbons (Fsp3) is 0.200. The molecule has 0 atom stereocenters. The Morgan fingerprint density at radius 1 is 1.24 bits per heavy atom. The van der Waals surface area contributed by atoms with Crippen molar-refractivity contribution >= 4 is 34.5 Å². The number of halogens is 1. The normalized spacial score (nSPS) is 11.0. The van der Waals surface area contributed by atoms with Crippen LogP contribution >= 0.6 is 11.6 Å². The third kappa shape index (κ3) is 4.07. The molecule has 1 amide bonds. The molecule has 0 aliphatic heterocycles. The number of nitrogens with one attached hydrogen (secondary N) is 1. The molecule has 0 aliphatic carbocycles. The van der Waals surface area contributed by atoms with E-state index in [1.54, 1.807) is 43.3 Å². The quantitative estimate of drug-likeness (QED) is 0.494. The molecule has 0 saturated heterocycles. The van der Waals surface area contributed by atoms with Crippen molar-refractivity contribution in [2.24, 2.45) is 5.10 Å². The fourth-order valence-electron chi connectivity index (χ4n) is 2.85. The minimum Gasteiger partial charge on any atom is -0.493 e. The van der Waals surface area contributed by atoms with Crippen LogP contribution in [0.15, 0.2) is 46.3 Å². The molecule has 1 N–H and O–H groups in total. The summed E-state index contributed by atoms with van der Waals surface area (Å²) in [6, 6.07) is 10.1. The molecule has 0 unspecified atom stereocenters. The Labute approximate surface area is 171 Å². The standard InChI is InChI=1S/C20H19ClN4O4/c1-4-25-20(27)14-8-6-5-7-13(14)17(24-25)19(26)23-22-11-12-9-15(21)18(29-3)16(10-12)28-2/h5-11H,4H2,1-3H3,(H,23,26)/b22-11-. The molecule has 0 radical (unpaired) electrons. The van der Waals surface area contributed by atoms with Crippen molar-refractivity contribution in [3.05, 3.63) is 63.0 Å². The SMILES string of the molecule is CCn1nc(C(=O)N/N=C\c2cc(Cl)c(OC)c(OC)c2)c2ccccc2c1=O. The van der Waals surface area contributed by atoms with Crippen molar-refractivity contribution in [1.82, 2.24) is 15.2 Å². The monoisotopic (exact) mass is 414 g/mol. The van der Waals surface area contributed by atoms with Crippen LogP contribution in [-0.4, -0.2) is 36.1 Å². The summed E-state index contributed by atoms with van der Waals surface area (Å²) in [5.74, 6) is 0.314. The van der Waals surface area contributed by atoms with E-state index in [2.05, 4.69) is 15.6 Å². The van der Waals surface area contributed by atoms with Gasteiger partial charge in [-0.15, -0.1) is 0 Å². The summed E-state index contributed by atoms with van der Waals surface area (Å²) < 4.78 is 11.7. The lowest BCUT2D eigenvalue weighted by Crippen LogP contribution is -2.28.